The minimum Gasteiger partial charge on any atom is -0.393 e. The Morgan fingerprint density at radius 1 is 1.23 bits per heavy atom. The van der Waals surface area contributed by atoms with Crippen molar-refractivity contribution >= 4 is 0 Å². The molecule has 3 fully saturated rings. The number of hydrogen-bond donors (Lipinski definition) is 1. The van der Waals surface area contributed by atoms with E-state index in [-0.39, 0.29) is 17.2 Å². The van der Waals surface area contributed by atoms with Crippen molar-refractivity contribution in [3.63, 3.8) is 0 Å². The molecular weight excluding hydrogens is 274 g/mol. The third-order valence-electron chi connectivity index (χ3n) is 7.30. The summed E-state index contributed by atoms with van der Waals surface area (Å²) in [5, 5.41) is 10.7. The minimum atomic E-state index is -0.156. The Kier molecular flexibility index (Phi) is 3.32. The van der Waals surface area contributed by atoms with E-state index >= 15 is 0 Å². The van der Waals surface area contributed by atoms with E-state index in [2.05, 4.69) is 44.7 Å². The van der Waals surface area contributed by atoms with Gasteiger partial charge in [-0.3, -0.25) is 4.90 Å². The van der Waals surface area contributed by atoms with Crippen LogP contribution in [-0.4, -0.2) is 45.9 Å². The molecule has 4 aliphatic rings. The molecule has 124 valence electrons. The van der Waals surface area contributed by atoms with Gasteiger partial charge in [0.05, 0.1) is 12.2 Å². The number of nitrogens with zero attached hydrogens (tertiary/aromatic N) is 1. The third kappa shape index (κ3) is 1.98. The standard InChI is InChI=1S/C19H31NO2/c1-12-5-6-15(17(21)9-12)18(3,4)20-11-19-8-7-14(22-19)10-16(19)13(20)2/h7-8,12-17,21H,5-6,9-11H2,1-4H3/t12-,13+,14-,15-,16+,17-,19-/m1/s1. The van der Waals surface area contributed by atoms with Gasteiger partial charge < -0.3 is 9.84 Å². The van der Waals surface area contributed by atoms with Gasteiger partial charge in [0.2, 0.25) is 0 Å². The Hall–Kier alpha value is -0.380. The lowest BCUT2D eigenvalue weighted by molar-refractivity contribution is -0.0596. The zero-order valence-corrected chi connectivity index (χ0v) is 14.5. The molecular formula is C19H31NO2. The van der Waals surface area contributed by atoms with Crippen LogP contribution in [0.1, 0.15) is 53.4 Å². The summed E-state index contributed by atoms with van der Waals surface area (Å²) >= 11 is 0. The molecule has 4 rings (SSSR count). The monoisotopic (exact) mass is 305 g/mol. The van der Waals surface area contributed by atoms with Crippen molar-refractivity contribution in [3.05, 3.63) is 12.2 Å². The molecule has 1 saturated carbocycles. The van der Waals surface area contributed by atoms with Gasteiger partial charge in [0.15, 0.2) is 0 Å². The number of aliphatic hydroxyl groups is 1. The van der Waals surface area contributed by atoms with E-state index in [1.54, 1.807) is 0 Å². The topological polar surface area (TPSA) is 32.7 Å². The maximum Gasteiger partial charge on any atom is 0.104 e. The number of aliphatic hydroxyl groups excluding tert-OH is 1. The molecule has 2 bridgehead atoms. The number of rotatable bonds is 2. The van der Waals surface area contributed by atoms with Crippen molar-refractivity contribution < 1.29 is 9.84 Å². The predicted octanol–water partition coefficient (Wildman–Crippen LogP) is 2.98. The van der Waals surface area contributed by atoms with E-state index in [9.17, 15) is 5.11 Å². The summed E-state index contributed by atoms with van der Waals surface area (Å²) in [5.41, 5.74) is 0.00160. The van der Waals surface area contributed by atoms with Gasteiger partial charge in [-0.05, 0) is 46.0 Å². The average Bonchev–Trinajstić information content (AvgIpc) is 3.08. The first kappa shape index (κ1) is 15.2. The normalized spacial score (nSPS) is 51.5. The Bertz CT molecular complexity index is 488. The molecule has 1 spiro atoms. The van der Waals surface area contributed by atoms with Gasteiger partial charge in [-0.1, -0.05) is 25.5 Å². The Balaban J connectivity index is 1.57. The molecule has 22 heavy (non-hydrogen) atoms. The van der Waals surface area contributed by atoms with Crippen LogP contribution >= 0.6 is 0 Å². The van der Waals surface area contributed by atoms with E-state index in [1.165, 1.54) is 12.8 Å². The van der Waals surface area contributed by atoms with E-state index in [0.29, 0.717) is 29.9 Å². The van der Waals surface area contributed by atoms with Crippen molar-refractivity contribution in [2.75, 3.05) is 6.54 Å². The lowest BCUT2D eigenvalue weighted by atomic mass is 9.71. The average molecular weight is 305 g/mol. The molecule has 1 N–H and O–H groups in total. The van der Waals surface area contributed by atoms with Crippen molar-refractivity contribution in [2.24, 2.45) is 17.8 Å². The number of hydrogen-bond acceptors (Lipinski definition) is 3. The number of fused-ring (bicyclic) bond motifs is 1. The zero-order valence-electron chi connectivity index (χ0n) is 14.5. The lowest BCUT2D eigenvalue weighted by Gasteiger charge is -2.49. The second-order valence-corrected chi connectivity index (χ2v) is 8.93. The highest BCUT2D eigenvalue weighted by Crippen LogP contribution is 2.53. The highest BCUT2D eigenvalue weighted by molar-refractivity contribution is 5.27. The minimum absolute atomic E-state index is 0.0335. The first-order valence-corrected chi connectivity index (χ1v) is 9.15. The fourth-order valence-corrected chi connectivity index (χ4v) is 5.97. The van der Waals surface area contributed by atoms with Crippen molar-refractivity contribution in [2.45, 2.75) is 82.8 Å². The Morgan fingerprint density at radius 2 is 2.00 bits per heavy atom. The molecule has 3 nitrogen and oxygen atoms in total. The summed E-state index contributed by atoms with van der Waals surface area (Å²) in [6.07, 6.45) is 9.33. The third-order valence-corrected chi connectivity index (χ3v) is 7.30. The SMILES string of the molecule is C[C@@H]1CC[C@@H](C(C)(C)N2C[C@]34C=C[C@H](C[C@H]3[C@@H]2C)O4)[C@H](O)C1. The first-order chi connectivity index (χ1) is 10.3. The van der Waals surface area contributed by atoms with Crippen LogP contribution in [0.3, 0.4) is 0 Å². The molecule has 0 aromatic rings. The van der Waals surface area contributed by atoms with Gasteiger partial charge in [0.25, 0.3) is 0 Å². The van der Waals surface area contributed by atoms with Crippen LogP contribution in [0.5, 0.6) is 0 Å². The van der Waals surface area contributed by atoms with Crippen LogP contribution in [0.2, 0.25) is 0 Å². The molecule has 0 amide bonds. The van der Waals surface area contributed by atoms with Gasteiger partial charge in [0, 0.05) is 30.0 Å². The summed E-state index contributed by atoms with van der Waals surface area (Å²) in [6.45, 7) is 10.3. The molecule has 1 aliphatic carbocycles. The van der Waals surface area contributed by atoms with Crippen molar-refractivity contribution in [1.29, 1.82) is 0 Å². The largest absolute Gasteiger partial charge is 0.393 e. The van der Waals surface area contributed by atoms with Crippen LogP contribution < -0.4 is 0 Å². The van der Waals surface area contributed by atoms with Gasteiger partial charge >= 0.3 is 0 Å². The molecule has 3 heterocycles. The fraction of sp³-hybridized carbons (Fsp3) is 0.895. The van der Waals surface area contributed by atoms with Crippen molar-refractivity contribution in [1.82, 2.24) is 4.90 Å². The number of likely N-dealkylation sites (tertiary alicyclic amines) is 1. The molecule has 0 radical (unpaired) electrons. The number of ether oxygens (including phenoxy) is 1. The van der Waals surface area contributed by atoms with E-state index in [1.807, 2.05) is 0 Å². The molecule has 0 aromatic carbocycles. The molecule has 0 aromatic heterocycles. The summed E-state index contributed by atoms with van der Waals surface area (Å²) < 4.78 is 6.30. The second kappa shape index (κ2) is 4.81. The summed E-state index contributed by atoms with van der Waals surface area (Å²) in [7, 11) is 0. The Morgan fingerprint density at radius 3 is 2.64 bits per heavy atom. The highest BCUT2D eigenvalue weighted by Gasteiger charge is 2.61. The van der Waals surface area contributed by atoms with E-state index < -0.39 is 0 Å². The first-order valence-electron chi connectivity index (χ1n) is 9.15. The molecule has 2 saturated heterocycles. The predicted molar refractivity (Wildman–Crippen MR) is 87.6 cm³/mol. The second-order valence-electron chi connectivity index (χ2n) is 8.93. The summed E-state index contributed by atoms with van der Waals surface area (Å²) in [5.74, 6) is 1.67. The maximum atomic E-state index is 10.7. The fourth-order valence-electron chi connectivity index (χ4n) is 5.97. The summed E-state index contributed by atoms with van der Waals surface area (Å²) in [4.78, 5) is 2.65. The smallest absolute Gasteiger partial charge is 0.104 e. The van der Waals surface area contributed by atoms with E-state index in [0.717, 1.165) is 19.4 Å². The van der Waals surface area contributed by atoms with Crippen molar-refractivity contribution in [3.8, 4) is 0 Å². The Labute approximate surface area is 134 Å². The maximum absolute atomic E-state index is 10.7. The van der Waals surface area contributed by atoms with Gasteiger partial charge in [-0.2, -0.15) is 0 Å². The highest BCUT2D eigenvalue weighted by atomic mass is 16.5. The van der Waals surface area contributed by atoms with Crippen LogP contribution in [0.15, 0.2) is 12.2 Å². The van der Waals surface area contributed by atoms with Crippen LogP contribution in [-0.2, 0) is 4.74 Å². The molecule has 3 heteroatoms. The van der Waals surface area contributed by atoms with Gasteiger partial charge in [-0.15, -0.1) is 0 Å². The van der Waals surface area contributed by atoms with Gasteiger partial charge in [-0.25, -0.2) is 0 Å². The van der Waals surface area contributed by atoms with Crippen LogP contribution in [0.4, 0.5) is 0 Å². The van der Waals surface area contributed by atoms with Crippen LogP contribution in [0, 0.1) is 17.8 Å². The van der Waals surface area contributed by atoms with E-state index in [4.69, 9.17) is 4.74 Å². The lowest BCUT2D eigenvalue weighted by Crippen LogP contribution is -2.56. The molecule has 0 unspecified atom stereocenters. The van der Waals surface area contributed by atoms with Crippen LogP contribution in [0.25, 0.3) is 0 Å². The summed E-state index contributed by atoms with van der Waals surface area (Å²) in [6, 6.07) is 0.538. The molecule has 7 atom stereocenters. The quantitative estimate of drug-likeness (QED) is 0.796. The molecule has 3 aliphatic heterocycles. The van der Waals surface area contributed by atoms with Gasteiger partial charge in [0.1, 0.15) is 5.60 Å². The zero-order chi connectivity index (χ0) is 15.7.